The number of amides is 1. The van der Waals surface area contributed by atoms with Gasteiger partial charge in [-0.05, 0) is 48.4 Å². The highest BCUT2D eigenvalue weighted by Gasteiger charge is 2.09. The van der Waals surface area contributed by atoms with Gasteiger partial charge in [-0.3, -0.25) is 4.79 Å². The lowest BCUT2D eigenvalue weighted by Gasteiger charge is -2.12. The van der Waals surface area contributed by atoms with Crippen molar-refractivity contribution >= 4 is 17.3 Å². The van der Waals surface area contributed by atoms with Crippen LogP contribution in [-0.4, -0.2) is 31.7 Å². The molecule has 0 saturated heterocycles. The van der Waals surface area contributed by atoms with Crippen LogP contribution < -0.4 is 20.1 Å². The molecule has 0 bridgehead atoms. The Morgan fingerprint density at radius 2 is 1.83 bits per heavy atom. The van der Waals surface area contributed by atoms with E-state index in [0.717, 1.165) is 11.3 Å². The number of pyridine rings is 1. The fraction of sp³-hybridized carbons (Fsp3) is 0.182. The molecule has 1 aromatic heterocycles. The van der Waals surface area contributed by atoms with Gasteiger partial charge in [0.25, 0.3) is 5.91 Å². The molecule has 0 saturated carbocycles. The number of rotatable bonds is 8. The maximum absolute atomic E-state index is 12.9. The van der Waals surface area contributed by atoms with Crippen LogP contribution in [0.5, 0.6) is 11.5 Å². The molecule has 6 nitrogen and oxygen atoms in total. The lowest BCUT2D eigenvalue weighted by molar-refractivity contribution is 0.0949. The van der Waals surface area contributed by atoms with Crippen molar-refractivity contribution in [3.05, 3.63) is 77.9 Å². The quantitative estimate of drug-likeness (QED) is 0.604. The second kappa shape index (κ2) is 9.54. The fourth-order valence-corrected chi connectivity index (χ4v) is 2.73. The van der Waals surface area contributed by atoms with Gasteiger partial charge in [0.2, 0.25) is 0 Å². The number of methoxy groups -OCH3 is 2. The van der Waals surface area contributed by atoms with Gasteiger partial charge in [-0.25, -0.2) is 9.37 Å². The average molecular weight is 395 g/mol. The predicted molar refractivity (Wildman–Crippen MR) is 110 cm³/mol. The molecule has 0 aliphatic rings. The number of benzene rings is 2. The number of nitrogens with zero attached hydrogens (tertiary/aromatic N) is 1. The van der Waals surface area contributed by atoms with E-state index in [4.69, 9.17) is 9.47 Å². The summed E-state index contributed by atoms with van der Waals surface area (Å²) in [5.74, 6) is 0.812. The van der Waals surface area contributed by atoms with Gasteiger partial charge in [0.05, 0.1) is 31.8 Å². The Kier molecular flexibility index (Phi) is 6.63. The molecule has 3 aromatic rings. The van der Waals surface area contributed by atoms with E-state index in [-0.39, 0.29) is 11.7 Å². The highest BCUT2D eigenvalue weighted by atomic mass is 19.1. The first kappa shape index (κ1) is 20.1. The van der Waals surface area contributed by atoms with Crippen LogP contribution in [0.15, 0.2) is 60.8 Å². The second-order valence-corrected chi connectivity index (χ2v) is 6.26. The van der Waals surface area contributed by atoms with Crippen LogP contribution in [0.25, 0.3) is 0 Å². The number of hydrogen-bond acceptors (Lipinski definition) is 5. The summed E-state index contributed by atoms with van der Waals surface area (Å²) in [4.78, 5) is 16.5. The van der Waals surface area contributed by atoms with Gasteiger partial charge >= 0.3 is 0 Å². The summed E-state index contributed by atoms with van der Waals surface area (Å²) in [5, 5.41) is 6.02. The van der Waals surface area contributed by atoms with Crippen LogP contribution in [0.2, 0.25) is 0 Å². The Labute approximate surface area is 168 Å². The summed E-state index contributed by atoms with van der Waals surface area (Å²) >= 11 is 0. The third kappa shape index (κ3) is 5.44. The van der Waals surface area contributed by atoms with Crippen LogP contribution in [0, 0.1) is 5.82 Å². The van der Waals surface area contributed by atoms with Crippen molar-refractivity contribution in [2.24, 2.45) is 0 Å². The van der Waals surface area contributed by atoms with Crippen molar-refractivity contribution in [3.63, 3.8) is 0 Å². The molecule has 0 unspecified atom stereocenters. The largest absolute Gasteiger partial charge is 0.497 e. The maximum atomic E-state index is 12.9. The van der Waals surface area contributed by atoms with Gasteiger partial charge in [-0.2, -0.15) is 0 Å². The smallest absolute Gasteiger partial charge is 0.269 e. The first-order chi connectivity index (χ1) is 14.1. The fourth-order valence-electron chi connectivity index (χ4n) is 2.73. The topological polar surface area (TPSA) is 72.5 Å². The number of ether oxygens (including phenoxy) is 2. The molecule has 0 aliphatic heterocycles. The van der Waals surface area contributed by atoms with Gasteiger partial charge in [-0.15, -0.1) is 0 Å². The molecule has 0 aliphatic carbocycles. The highest BCUT2D eigenvalue weighted by Crippen LogP contribution is 2.31. The van der Waals surface area contributed by atoms with E-state index in [9.17, 15) is 9.18 Å². The Morgan fingerprint density at radius 1 is 1.03 bits per heavy atom. The van der Waals surface area contributed by atoms with Crippen molar-refractivity contribution in [1.29, 1.82) is 0 Å². The van der Waals surface area contributed by atoms with Crippen molar-refractivity contribution in [1.82, 2.24) is 10.3 Å². The molecule has 2 N–H and O–H groups in total. The minimum absolute atomic E-state index is 0.266. The van der Waals surface area contributed by atoms with E-state index in [0.29, 0.717) is 35.8 Å². The summed E-state index contributed by atoms with van der Waals surface area (Å²) < 4.78 is 23.5. The van der Waals surface area contributed by atoms with Gasteiger partial charge in [-0.1, -0.05) is 12.1 Å². The van der Waals surface area contributed by atoms with E-state index in [2.05, 4.69) is 15.6 Å². The molecule has 0 atom stereocenters. The normalized spacial score (nSPS) is 10.3. The standard InChI is InChI=1S/C22H22FN3O3/c1-28-18-8-10-21(29-2)20(13-18)26-17-7-9-19(25-14-17)22(27)24-12-11-15-3-5-16(23)6-4-15/h3-10,13-14,26H,11-12H2,1-2H3,(H,24,27). The number of aromatic nitrogens is 1. The number of anilines is 2. The van der Waals surface area contributed by atoms with E-state index in [1.54, 1.807) is 50.7 Å². The van der Waals surface area contributed by atoms with E-state index in [1.807, 2.05) is 12.1 Å². The lowest BCUT2D eigenvalue weighted by atomic mass is 10.1. The Morgan fingerprint density at radius 3 is 2.48 bits per heavy atom. The molecule has 7 heteroatoms. The third-order valence-corrected chi connectivity index (χ3v) is 4.29. The Balaban J connectivity index is 1.58. The van der Waals surface area contributed by atoms with Gasteiger partial charge in [0, 0.05) is 12.6 Å². The third-order valence-electron chi connectivity index (χ3n) is 4.29. The van der Waals surface area contributed by atoms with E-state index >= 15 is 0 Å². The summed E-state index contributed by atoms with van der Waals surface area (Å²) in [6.45, 7) is 0.438. The number of carbonyl (C=O) groups is 1. The van der Waals surface area contributed by atoms with Crippen LogP contribution in [0.4, 0.5) is 15.8 Å². The molecule has 3 rings (SSSR count). The predicted octanol–water partition coefficient (Wildman–Crippen LogP) is 3.95. The first-order valence-corrected chi connectivity index (χ1v) is 9.07. The molecule has 1 amide bonds. The second-order valence-electron chi connectivity index (χ2n) is 6.26. The zero-order valence-corrected chi connectivity index (χ0v) is 16.2. The van der Waals surface area contributed by atoms with E-state index < -0.39 is 0 Å². The zero-order valence-electron chi connectivity index (χ0n) is 16.2. The van der Waals surface area contributed by atoms with Crippen LogP contribution >= 0.6 is 0 Å². The summed E-state index contributed by atoms with van der Waals surface area (Å²) in [6.07, 6.45) is 2.19. The SMILES string of the molecule is COc1ccc(OC)c(Nc2ccc(C(=O)NCCc3ccc(F)cc3)nc2)c1. The maximum Gasteiger partial charge on any atom is 0.269 e. The monoisotopic (exact) mass is 395 g/mol. The zero-order chi connectivity index (χ0) is 20.6. The molecular formula is C22H22FN3O3. The van der Waals surface area contributed by atoms with Crippen molar-refractivity contribution in [2.45, 2.75) is 6.42 Å². The number of halogens is 1. The van der Waals surface area contributed by atoms with Gasteiger partial charge < -0.3 is 20.1 Å². The number of carbonyl (C=O) groups excluding carboxylic acids is 1. The average Bonchev–Trinajstić information content (AvgIpc) is 2.75. The molecule has 0 radical (unpaired) electrons. The van der Waals surface area contributed by atoms with E-state index in [1.165, 1.54) is 12.1 Å². The summed E-state index contributed by atoms with van der Waals surface area (Å²) in [7, 11) is 3.18. The Bertz CT molecular complexity index is 960. The number of hydrogen-bond donors (Lipinski definition) is 2. The molecule has 150 valence electrons. The van der Waals surface area contributed by atoms with Crippen LogP contribution in [0.1, 0.15) is 16.1 Å². The molecule has 1 heterocycles. The molecular weight excluding hydrogens is 373 g/mol. The summed E-state index contributed by atoms with van der Waals surface area (Å²) in [6, 6.07) is 15.0. The van der Waals surface area contributed by atoms with Crippen LogP contribution in [-0.2, 0) is 6.42 Å². The molecule has 0 spiro atoms. The van der Waals surface area contributed by atoms with Gasteiger partial charge in [0.1, 0.15) is 23.0 Å². The minimum atomic E-state index is -0.276. The van der Waals surface area contributed by atoms with Gasteiger partial charge in [0.15, 0.2) is 0 Å². The molecule has 2 aromatic carbocycles. The van der Waals surface area contributed by atoms with Crippen molar-refractivity contribution in [2.75, 3.05) is 26.1 Å². The summed E-state index contributed by atoms with van der Waals surface area (Å²) in [5.41, 5.74) is 2.70. The van der Waals surface area contributed by atoms with Crippen molar-refractivity contribution in [3.8, 4) is 11.5 Å². The molecule has 29 heavy (non-hydrogen) atoms. The molecule has 0 fully saturated rings. The number of nitrogens with one attached hydrogen (secondary N) is 2. The highest BCUT2D eigenvalue weighted by molar-refractivity contribution is 5.92. The van der Waals surface area contributed by atoms with Crippen molar-refractivity contribution < 1.29 is 18.7 Å². The lowest BCUT2D eigenvalue weighted by Crippen LogP contribution is -2.26. The Hall–Kier alpha value is -3.61. The minimum Gasteiger partial charge on any atom is -0.497 e. The van der Waals surface area contributed by atoms with Crippen LogP contribution in [0.3, 0.4) is 0 Å². The first-order valence-electron chi connectivity index (χ1n) is 9.07.